The summed E-state index contributed by atoms with van der Waals surface area (Å²) in [6.45, 7) is 2.42. The molecule has 0 spiro atoms. The number of urea groups is 1. The molecule has 1 saturated heterocycles. The molecule has 0 bridgehead atoms. The number of likely N-dealkylation sites (tertiary alicyclic amines) is 1. The minimum absolute atomic E-state index is 0.0572. The van der Waals surface area contributed by atoms with E-state index in [0.29, 0.717) is 37.5 Å². The zero-order chi connectivity index (χ0) is 26.1. The van der Waals surface area contributed by atoms with Crippen molar-refractivity contribution >= 4 is 29.2 Å². The number of benzene rings is 1. The second-order valence-electron chi connectivity index (χ2n) is 9.06. The number of carboxylic acid groups (broad SMARTS) is 1. The van der Waals surface area contributed by atoms with Crippen LogP contribution in [0.2, 0.25) is 0 Å². The number of nitrogens with zero attached hydrogens (tertiary/aromatic N) is 3. The molecule has 2 aromatic carbocycles. The largest absolute Gasteiger partial charge is 0.506 e. The second kappa shape index (κ2) is 9.76. The molecule has 1 aromatic heterocycles. The van der Waals surface area contributed by atoms with E-state index in [9.17, 15) is 29.4 Å². The van der Waals surface area contributed by atoms with Gasteiger partial charge in [-0.2, -0.15) is 0 Å². The Morgan fingerprint density at radius 1 is 1.08 bits per heavy atom. The van der Waals surface area contributed by atoms with Crippen LogP contribution >= 0.6 is 0 Å². The van der Waals surface area contributed by atoms with E-state index in [4.69, 9.17) is 4.42 Å². The highest BCUT2D eigenvalue weighted by Crippen LogP contribution is 2.39. The number of anilines is 3. The van der Waals surface area contributed by atoms with Gasteiger partial charge in [0.15, 0.2) is 0 Å². The van der Waals surface area contributed by atoms with Gasteiger partial charge in [0.2, 0.25) is 0 Å². The maximum absolute atomic E-state index is 13.1. The van der Waals surface area contributed by atoms with Gasteiger partial charge in [0, 0.05) is 27.2 Å². The minimum Gasteiger partial charge on any atom is -0.506 e. The molecule has 1 aliphatic rings. The standard InChI is InChI=1S/C25H28N4O7/c1-14-8-9-18(36-14)19(15-10-12-28(13-11-15)25(34)35)26-20-21(23(32)22(20)31)29(24(33)27(2)3)16-6-4-5-7-17(16)30/h4-9,15,19,26,30H,10-13H2,1-3H3,(H,34,35). The highest BCUT2D eigenvalue weighted by atomic mass is 16.4. The summed E-state index contributed by atoms with van der Waals surface area (Å²) in [5.74, 6) is 0.856. The molecule has 1 fully saturated rings. The van der Waals surface area contributed by atoms with Crippen LogP contribution in [-0.2, 0) is 0 Å². The van der Waals surface area contributed by atoms with Crippen molar-refractivity contribution in [3.63, 3.8) is 0 Å². The Bertz CT molecular complexity index is 1350. The van der Waals surface area contributed by atoms with Crippen LogP contribution in [0, 0.1) is 12.8 Å². The Morgan fingerprint density at radius 3 is 2.31 bits per heavy atom. The van der Waals surface area contributed by atoms with Gasteiger partial charge in [-0.3, -0.25) is 14.5 Å². The number of aromatic hydroxyl groups is 1. The third-order valence-corrected chi connectivity index (χ3v) is 6.45. The van der Waals surface area contributed by atoms with Crippen LogP contribution in [0.1, 0.15) is 30.4 Å². The van der Waals surface area contributed by atoms with Crippen molar-refractivity contribution in [1.82, 2.24) is 9.80 Å². The van der Waals surface area contributed by atoms with Crippen molar-refractivity contribution in [2.75, 3.05) is 37.4 Å². The number of piperidine rings is 1. The number of aryl methyl sites for hydroxylation is 1. The van der Waals surface area contributed by atoms with Crippen LogP contribution in [0.25, 0.3) is 0 Å². The van der Waals surface area contributed by atoms with Crippen molar-refractivity contribution in [3.8, 4) is 5.75 Å². The van der Waals surface area contributed by atoms with Gasteiger partial charge in [0.05, 0.1) is 11.7 Å². The van der Waals surface area contributed by atoms with Crippen LogP contribution < -0.4 is 21.1 Å². The molecular weight excluding hydrogens is 468 g/mol. The summed E-state index contributed by atoms with van der Waals surface area (Å²) >= 11 is 0. The molecular formula is C25H28N4O7. The Kier molecular flexibility index (Phi) is 6.73. The topological polar surface area (TPSA) is 144 Å². The molecule has 11 nitrogen and oxygen atoms in total. The SMILES string of the molecule is Cc1ccc(C(Nc2c(N(C(=O)N(C)C)c3ccccc3O)c(=O)c2=O)C2CCN(C(=O)O)CC2)o1. The van der Waals surface area contributed by atoms with Crippen LogP contribution in [0.3, 0.4) is 0 Å². The second-order valence-corrected chi connectivity index (χ2v) is 9.06. The fraction of sp³-hybridized carbons (Fsp3) is 0.360. The number of furan rings is 1. The molecule has 3 aromatic rings. The minimum atomic E-state index is -0.989. The lowest BCUT2D eigenvalue weighted by atomic mass is 9.87. The molecule has 0 radical (unpaired) electrons. The van der Waals surface area contributed by atoms with Crippen LogP contribution in [0.15, 0.2) is 50.4 Å². The number of phenolic OH excluding ortho intramolecular Hbond substituents is 1. The molecule has 2 heterocycles. The molecule has 190 valence electrons. The Hall–Kier alpha value is -4.28. The quantitative estimate of drug-likeness (QED) is 0.441. The zero-order valence-corrected chi connectivity index (χ0v) is 20.2. The van der Waals surface area contributed by atoms with Crippen LogP contribution in [-0.4, -0.2) is 59.3 Å². The number of nitrogens with one attached hydrogen (secondary N) is 1. The fourth-order valence-corrected chi connectivity index (χ4v) is 4.52. The van der Waals surface area contributed by atoms with Gasteiger partial charge in [0.1, 0.15) is 28.6 Å². The summed E-state index contributed by atoms with van der Waals surface area (Å²) in [6.07, 6.45) is 0.0276. The predicted octanol–water partition coefficient (Wildman–Crippen LogP) is 3.25. The maximum Gasteiger partial charge on any atom is 0.407 e. The normalized spacial score (nSPS) is 15.0. The van der Waals surface area contributed by atoms with Crippen molar-refractivity contribution in [2.45, 2.75) is 25.8 Å². The number of carbonyl (C=O) groups is 2. The number of carbonyl (C=O) groups excluding carboxylic acids is 1. The van der Waals surface area contributed by atoms with Crippen LogP contribution in [0.5, 0.6) is 5.75 Å². The summed E-state index contributed by atoms with van der Waals surface area (Å²) in [5, 5.41) is 22.9. The first-order valence-electron chi connectivity index (χ1n) is 11.5. The zero-order valence-electron chi connectivity index (χ0n) is 20.2. The molecule has 3 amide bonds. The van der Waals surface area contributed by atoms with Crippen molar-refractivity contribution in [3.05, 3.63) is 68.4 Å². The first-order chi connectivity index (χ1) is 17.1. The van der Waals surface area contributed by atoms with Gasteiger partial charge < -0.3 is 29.7 Å². The summed E-state index contributed by atoms with van der Waals surface area (Å²) in [4.78, 5) is 53.7. The molecule has 0 aliphatic carbocycles. The van der Waals surface area contributed by atoms with E-state index in [1.54, 1.807) is 31.2 Å². The smallest absolute Gasteiger partial charge is 0.407 e. The lowest BCUT2D eigenvalue weighted by Gasteiger charge is -2.36. The first kappa shape index (κ1) is 24.8. The van der Waals surface area contributed by atoms with Gasteiger partial charge in [-0.1, -0.05) is 12.1 Å². The number of rotatable bonds is 6. The summed E-state index contributed by atoms with van der Waals surface area (Å²) < 4.78 is 5.85. The summed E-state index contributed by atoms with van der Waals surface area (Å²) in [5.41, 5.74) is -1.81. The highest BCUT2D eigenvalue weighted by Gasteiger charge is 2.37. The van der Waals surface area contributed by atoms with Gasteiger partial charge in [-0.25, -0.2) is 9.59 Å². The third kappa shape index (κ3) is 4.51. The van der Waals surface area contributed by atoms with E-state index in [-0.39, 0.29) is 28.7 Å². The molecule has 36 heavy (non-hydrogen) atoms. The molecule has 3 N–H and O–H groups in total. The number of amides is 3. The lowest BCUT2D eigenvalue weighted by Crippen LogP contribution is -2.47. The summed E-state index contributed by atoms with van der Waals surface area (Å²) in [6, 6.07) is 8.44. The molecule has 1 aliphatic heterocycles. The average Bonchev–Trinajstić information content (AvgIpc) is 3.29. The van der Waals surface area contributed by atoms with E-state index in [2.05, 4.69) is 5.32 Å². The lowest BCUT2D eigenvalue weighted by molar-refractivity contribution is 0.120. The van der Waals surface area contributed by atoms with E-state index in [1.807, 2.05) is 0 Å². The van der Waals surface area contributed by atoms with E-state index < -0.39 is 29.0 Å². The van der Waals surface area contributed by atoms with E-state index in [1.165, 1.54) is 36.0 Å². The van der Waals surface area contributed by atoms with Crippen molar-refractivity contribution in [1.29, 1.82) is 0 Å². The number of phenols is 1. The predicted molar refractivity (Wildman–Crippen MR) is 133 cm³/mol. The fourth-order valence-electron chi connectivity index (χ4n) is 4.52. The van der Waals surface area contributed by atoms with E-state index in [0.717, 1.165) is 4.90 Å². The monoisotopic (exact) mass is 496 g/mol. The maximum atomic E-state index is 13.1. The Labute approximate surface area is 206 Å². The number of hydrogen-bond donors (Lipinski definition) is 3. The van der Waals surface area contributed by atoms with E-state index >= 15 is 0 Å². The van der Waals surface area contributed by atoms with Gasteiger partial charge in [-0.05, 0) is 49.9 Å². The molecule has 11 heteroatoms. The van der Waals surface area contributed by atoms with Crippen molar-refractivity contribution < 1.29 is 24.2 Å². The number of hydrogen-bond acceptors (Lipinski definition) is 7. The summed E-state index contributed by atoms with van der Waals surface area (Å²) in [7, 11) is 3.00. The molecule has 4 rings (SSSR count). The van der Waals surface area contributed by atoms with Crippen molar-refractivity contribution in [2.24, 2.45) is 5.92 Å². The van der Waals surface area contributed by atoms with Gasteiger partial charge in [0.25, 0.3) is 10.9 Å². The molecule has 1 atom stereocenters. The average molecular weight is 497 g/mol. The Morgan fingerprint density at radius 2 is 1.75 bits per heavy atom. The first-order valence-corrected chi connectivity index (χ1v) is 11.5. The van der Waals surface area contributed by atoms with Gasteiger partial charge in [-0.15, -0.1) is 0 Å². The molecule has 0 saturated carbocycles. The van der Waals surface area contributed by atoms with Crippen LogP contribution in [0.4, 0.5) is 26.7 Å². The Balaban J connectivity index is 1.74. The molecule has 1 unspecified atom stereocenters. The third-order valence-electron chi connectivity index (χ3n) is 6.45. The highest BCUT2D eigenvalue weighted by molar-refractivity contribution is 6.04. The number of para-hydroxylation sites is 2. The van der Waals surface area contributed by atoms with Gasteiger partial charge >= 0.3 is 12.1 Å².